The summed E-state index contributed by atoms with van der Waals surface area (Å²) in [4.78, 5) is 5.21. The highest BCUT2D eigenvalue weighted by Gasteiger charge is 2.22. The molecule has 0 radical (unpaired) electrons. The van der Waals surface area contributed by atoms with E-state index < -0.39 is 0 Å². The van der Waals surface area contributed by atoms with Crippen LogP contribution in [0.25, 0.3) is 103 Å². The van der Waals surface area contributed by atoms with Gasteiger partial charge in [0.05, 0.1) is 43.5 Å². The number of aromatic nitrogens is 4. The highest BCUT2D eigenvalue weighted by atomic mass is 32.1. The molecule has 5 heteroatoms. The molecule has 0 aliphatic rings. The quantitative estimate of drug-likeness (QED) is 0.182. The normalized spacial score (nSPS) is 12.2. The minimum absolute atomic E-state index is 0.955. The lowest BCUT2D eigenvalue weighted by Gasteiger charge is -2.14. The Kier molecular flexibility index (Phi) is 5.62. The van der Waals surface area contributed by atoms with Crippen molar-refractivity contribution in [3.8, 4) is 17.2 Å². The Morgan fingerprint density at radius 3 is 1.48 bits per heavy atom. The second-order valence-corrected chi connectivity index (χ2v) is 14.6. The van der Waals surface area contributed by atoms with Crippen molar-refractivity contribution < 1.29 is 0 Å². The fourth-order valence-corrected chi connectivity index (χ4v) is 9.92. The maximum absolute atomic E-state index is 5.21. The van der Waals surface area contributed by atoms with Crippen LogP contribution in [0.15, 0.2) is 170 Å². The van der Waals surface area contributed by atoms with Crippen LogP contribution in [0, 0.1) is 0 Å². The number of thiophene rings is 1. The molecule has 5 aromatic heterocycles. The molecule has 0 unspecified atom stereocenters. The molecule has 0 fully saturated rings. The van der Waals surface area contributed by atoms with E-state index in [-0.39, 0.29) is 0 Å². The van der Waals surface area contributed by atoms with E-state index in [0.717, 1.165) is 28.2 Å². The lowest BCUT2D eigenvalue weighted by atomic mass is 10.1. The number of hydrogen-bond acceptors (Lipinski definition) is 2. The summed E-state index contributed by atoms with van der Waals surface area (Å²) in [6, 6.07) is 59.5. The van der Waals surface area contributed by atoms with E-state index in [2.05, 4.69) is 177 Å². The van der Waals surface area contributed by atoms with Gasteiger partial charge in [-0.2, -0.15) is 0 Å². The Morgan fingerprint density at radius 2 is 0.885 bits per heavy atom. The smallest absolute Gasteiger partial charge is 0.155 e. The van der Waals surface area contributed by atoms with Crippen molar-refractivity contribution in [2.75, 3.05) is 0 Å². The van der Waals surface area contributed by atoms with Gasteiger partial charge in [-0.25, -0.2) is 4.98 Å². The number of benzene rings is 7. The van der Waals surface area contributed by atoms with E-state index in [1.165, 1.54) is 74.6 Å². The summed E-state index contributed by atoms with van der Waals surface area (Å²) in [5.41, 5.74) is 9.42. The van der Waals surface area contributed by atoms with Crippen molar-refractivity contribution in [2.45, 2.75) is 0 Å². The minimum atomic E-state index is 0.955. The zero-order chi connectivity index (χ0) is 33.9. The Balaban J connectivity index is 1.16. The van der Waals surface area contributed by atoms with Gasteiger partial charge in [0.15, 0.2) is 5.82 Å². The highest BCUT2D eigenvalue weighted by Crippen LogP contribution is 2.44. The summed E-state index contributed by atoms with van der Waals surface area (Å²) in [5, 5.41) is 9.93. The molecule has 12 aromatic rings. The average Bonchev–Trinajstić information content (AvgIpc) is 3.94. The summed E-state index contributed by atoms with van der Waals surface area (Å²) < 4.78 is 9.68. The number of nitrogens with zero attached hydrogens (tertiary/aromatic N) is 4. The largest absolute Gasteiger partial charge is 0.309 e. The molecule has 12 rings (SSSR count). The number of pyridine rings is 1. The maximum Gasteiger partial charge on any atom is 0.155 e. The molecule has 0 aliphatic carbocycles. The number of fused-ring (bicyclic) bond motifs is 12. The monoisotopic (exact) mass is 680 g/mol. The van der Waals surface area contributed by atoms with Gasteiger partial charge in [0.25, 0.3) is 0 Å². The van der Waals surface area contributed by atoms with Crippen LogP contribution in [0.3, 0.4) is 0 Å². The molecule has 7 aromatic carbocycles. The molecule has 0 saturated heterocycles. The minimum Gasteiger partial charge on any atom is -0.309 e. The van der Waals surface area contributed by atoms with Gasteiger partial charge in [0.2, 0.25) is 0 Å². The van der Waals surface area contributed by atoms with E-state index in [1.807, 2.05) is 17.5 Å². The van der Waals surface area contributed by atoms with E-state index in [4.69, 9.17) is 4.98 Å². The summed E-state index contributed by atoms with van der Waals surface area (Å²) in [6.07, 6.45) is 1.99. The predicted octanol–water partition coefficient (Wildman–Crippen LogP) is 12.7. The molecule has 242 valence electrons. The molecule has 0 bridgehead atoms. The van der Waals surface area contributed by atoms with Gasteiger partial charge < -0.3 is 9.13 Å². The first-order valence-corrected chi connectivity index (χ1v) is 18.5. The van der Waals surface area contributed by atoms with Crippen LogP contribution in [-0.4, -0.2) is 18.7 Å². The molecular weight excluding hydrogens is 653 g/mol. The van der Waals surface area contributed by atoms with Gasteiger partial charge in [0.1, 0.15) is 0 Å². The zero-order valence-electron chi connectivity index (χ0n) is 27.9. The fraction of sp³-hybridized carbons (Fsp3) is 0. The van der Waals surface area contributed by atoms with Crippen molar-refractivity contribution in [3.05, 3.63) is 170 Å². The second kappa shape index (κ2) is 10.4. The molecular formula is C47H28N4S. The Labute approximate surface area is 301 Å². The first-order chi connectivity index (χ1) is 25.8. The van der Waals surface area contributed by atoms with Crippen LogP contribution in [0.1, 0.15) is 0 Å². The highest BCUT2D eigenvalue weighted by molar-refractivity contribution is 7.26. The molecule has 0 N–H and O–H groups in total. The van der Waals surface area contributed by atoms with E-state index >= 15 is 0 Å². The summed E-state index contributed by atoms with van der Waals surface area (Å²) >= 11 is 1.83. The van der Waals surface area contributed by atoms with Crippen molar-refractivity contribution in [1.29, 1.82) is 0 Å². The summed E-state index contributed by atoms with van der Waals surface area (Å²) in [7, 11) is 0. The van der Waals surface area contributed by atoms with Crippen LogP contribution in [0.5, 0.6) is 0 Å². The summed E-state index contributed by atoms with van der Waals surface area (Å²) in [6.45, 7) is 0. The number of hydrogen-bond donors (Lipinski definition) is 0. The lowest BCUT2D eigenvalue weighted by molar-refractivity contribution is 1.08. The molecule has 5 heterocycles. The number of para-hydroxylation sites is 6. The maximum atomic E-state index is 5.21. The van der Waals surface area contributed by atoms with Crippen LogP contribution < -0.4 is 0 Å². The third-order valence-electron chi connectivity index (χ3n) is 10.9. The van der Waals surface area contributed by atoms with Gasteiger partial charge in [0, 0.05) is 59.7 Å². The predicted molar refractivity (Wildman–Crippen MR) is 220 cm³/mol. The van der Waals surface area contributed by atoms with Gasteiger partial charge in [-0.15, -0.1) is 11.3 Å². The van der Waals surface area contributed by atoms with Crippen LogP contribution in [0.2, 0.25) is 0 Å². The Hall–Kier alpha value is -6.69. The van der Waals surface area contributed by atoms with Gasteiger partial charge in [-0.3, -0.25) is 4.57 Å². The summed E-state index contributed by atoms with van der Waals surface area (Å²) in [5.74, 6) is 0.955. The lowest BCUT2D eigenvalue weighted by Crippen LogP contribution is -2.02. The van der Waals surface area contributed by atoms with Crippen LogP contribution in [-0.2, 0) is 0 Å². The first kappa shape index (κ1) is 28.1. The average molecular weight is 681 g/mol. The molecule has 52 heavy (non-hydrogen) atoms. The molecule has 0 amide bonds. The third kappa shape index (κ3) is 3.67. The van der Waals surface area contributed by atoms with Gasteiger partial charge in [-0.1, -0.05) is 103 Å². The Morgan fingerprint density at radius 1 is 0.385 bits per heavy atom. The van der Waals surface area contributed by atoms with Crippen molar-refractivity contribution in [2.24, 2.45) is 0 Å². The van der Waals surface area contributed by atoms with Crippen LogP contribution >= 0.6 is 11.3 Å². The molecule has 0 aliphatic heterocycles. The molecule has 0 atom stereocenters. The molecule has 0 spiro atoms. The van der Waals surface area contributed by atoms with Crippen molar-refractivity contribution in [3.63, 3.8) is 0 Å². The zero-order valence-corrected chi connectivity index (χ0v) is 28.7. The third-order valence-corrected chi connectivity index (χ3v) is 12.1. The molecule has 0 saturated carbocycles. The van der Waals surface area contributed by atoms with E-state index in [9.17, 15) is 0 Å². The number of rotatable bonds is 3. The van der Waals surface area contributed by atoms with Crippen molar-refractivity contribution >= 4 is 96.9 Å². The van der Waals surface area contributed by atoms with E-state index in [0.29, 0.717) is 0 Å². The van der Waals surface area contributed by atoms with Crippen LogP contribution in [0.4, 0.5) is 0 Å². The Bertz CT molecular complexity index is 3320. The van der Waals surface area contributed by atoms with E-state index in [1.54, 1.807) is 0 Å². The fourth-order valence-electron chi connectivity index (χ4n) is 8.76. The van der Waals surface area contributed by atoms with Gasteiger partial charge >= 0.3 is 0 Å². The second-order valence-electron chi connectivity index (χ2n) is 13.6. The standard InChI is InChI=1S/C47H28N4S/c1-6-18-38-30(12-1)31-13-2-7-19-39(31)49(38)29-24-25-44-37(28-29)36-26-27-48-47(46(36)52-44)51-42-22-10-5-16-34(42)35-17-11-23-43(45(35)51)50-40-20-8-3-14-32(40)33-15-4-9-21-41(33)50/h1-28H. The molecule has 4 nitrogen and oxygen atoms in total. The topological polar surface area (TPSA) is 27.7 Å². The first-order valence-electron chi connectivity index (χ1n) is 17.6. The van der Waals surface area contributed by atoms with Crippen molar-refractivity contribution in [1.82, 2.24) is 18.7 Å². The van der Waals surface area contributed by atoms with Gasteiger partial charge in [-0.05, 0) is 60.7 Å². The SMILES string of the molecule is c1ccc2c(c1)c1ccccc1n2-c1ccc2sc3c(-n4c5ccccc5c5cccc(-n6c7ccccc7c7ccccc76)c54)nccc3c2c1.